The molecule has 3 nitrogen and oxygen atoms in total. The van der Waals surface area contributed by atoms with Crippen LogP contribution in [0.15, 0.2) is 24.3 Å². The lowest BCUT2D eigenvalue weighted by Gasteiger charge is -2.41. The molecule has 0 unspecified atom stereocenters. The molecule has 0 aromatic heterocycles. The first-order valence-electron chi connectivity index (χ1n) is 7.79. The molecule has 1 N–H and O–H groups in total. The Bertz CT molecular complexity index is 531. The van der Waals surface area contributed by atoms with Crippen LogP contribution in [0.1, 0.15) is 52.0 Å². The second-order valence-corrected chi connectivity index (χ2v) is 6.64. The van der Waals surface area contributed by atoms with E-state index in [1.165, 1.54) is 0 Å². The number of hydrogen-bond donors (Lipinski definition) is 1. The van der Waals surface area contributed by atoms with Crippen LogP contribution < -0.4 is 5.32 Å². The van der Waals surface area contributed by atoms with Crippen molar-refractivity contribution >= 4 is 11.6 Å². The zero-order chi connectivity index (χ0) is 15.5. The van der Waals surface area contributed by atoms with Crippen molar-refractivity contribution in [1.82, 2.24) is 0 Å². The summed E-state index contributed by atoms with van der Waals surface area (Å²) in [6.07, 6.45) is 4.18. The third-order valence-electron chi connectivity index (χ3n) is 5.00. The Morgan fingerprint density at radius 3 is 2.33 bits per heavy atom. The number of amides is 1. The Morgan fingerprint density at radius 1 is 1.29 bits per heavy atom. The molecule has 112 valence electrons. The van der Waals surface area contributed by atoms with Gasteiger partial charge in [0.1, 0.15) is 0 Å². The highest BCUT2D eigenvalue weighted by Crippen LogP contribution is 2.45. The molecule has 0 aliphatic heterocycles. The number of nitrogens with zero attached hydrogens (tertiary/aromatic N) is 1. The number of hydrogen-bond acceptors (Lipinski definition) is 2. The molecule has 0 heterocycles. The van der Waals surface area contributed by atoms with E-state index >= 15 is 0 Å². The molecule has 1 fully saturated rings. The van der Waals surface area contributed by atoms with E-state index in [-0.39, 0.29) is 11.3 Å². The Hall–Kier alpha value is -1.82. The highest BCUT2D eigenvalue weighted by atomic mass is 16.2. The molecule has 2 rings (SSSR count). The minimum absolute atomic E-state index is 0.133. The summed E-state index contributed by atoms with van der Waals surface area (Å²) in [7, 11) is 0. The van der Waals surface area contributed by atoms with E-state index in [1.54, 1.807) is 24.3 Å². The van der Waals surface area contributed by atoms with Gasteiger partial charge in [0.15, 0.2) is 0 Å². The van der Waals surface area contributed by atoms with Crippen LogP contribution in [0.5, 0.6) is 0 Å². The van der Waals surface area contributed by atoms with Crippen molar-refractivity contribution in [3.05, 3.63) is 29.8 Å². The lowest BCUT2D eigenvalue weighted by molar-refractivity contribution is -0.130. The number of carbonyl (C=O) groups is 1. The van der Waals surface area contributed by atoms with Gasteiger partial charge >= 0.3 is 0 Å². The third kappa shape index (κ3) is 3.26. The highest BCUT2D eigenvalue weighted by Gasteiger charge is 2.43. The van der Waals surface area contributed by atoms with Crippen LogP contribution in [0.3, 0.4) is 0 Å². The summed E-state index contributed by atoms with van der Waals surface area (Å²) in [4.78, 5) is 12.8. The van der Waals surface area contributed by atoms with Gasteiger partial charge < -0.3 is 5.32 Å². The van der Waals surface area contributed by atoms with Crippen molar-refractivity contribution in [3.8, 4) is 6.07 Å². The molecular formula is C18H24N2O. The second-order valence-electron chi connectivity index (χ2n) is 6.64. The summed E-state index contributed by atoms with van der Waals surface area (Å²) in [5.74, 6) is 1.19. The molecule has 1 aliphatic rings. The molecule has 1 aromatic rings. The summed E-state index contributed by atoms with van der Waals surface area (Å²) in [6.45, 7) is 6.56. The molecule has 21 heavy (non-hydrogen) atoms. The molecule has 0 spiro atoms. The SMILES string of the molecule is CC1CCC(C(=O)Nc2ccc(C#N)cc2)(C(C)C)CC1. The molecule has 1 aromatic carbocycles. The van der Waals surface area contributed by atoms with Gasteiger partial charge in [-0.3, -0.25) is 4.79 Å². The maximum absolute atomic E-state index is 12.8. The van der Waals surface area contributed by atoms with Gasteiger partial charge in [0, 0.05) is 5.69 Å². The molecule has 0 radical (unpaired) electrons. The molecule has 0 saturated heterocycles. The van der Waals surface area contributed by atoms with E-state index in [2.05, 4.69) is 32.2 Å². The fourth-order valence-electron chi connectivity index (χ4n) is 3.23. The standard InChI is InChI=1S/C18H24N2O/c1-13(2)18(10-8-14(3)9-11-18)17(21)20-16-6-4-15(12-19)5-7-16/h4-7,13-14H,8-11H2,1-3H3,(H,20,21). The number of benzene rings is 1. The first-order valence-corrected chi connectivity index (χ1v) is 7.79. The van der Waals surface area contributed by atoms with Crippen molar-refractivity contribution in [2.75, 3.05) is 5.32 Å². The highest BCUT2D eigenvalue weighted by molar-refractivity contribution is 5.95. The minimum Gasteiger partial charge on any atom is -0.326 e. The Labute approximate surface area is 127 Å². The summed E-state index contributed by atoms with van der Waals surface area (Å²) < 4.78 is 0. The smallest absolute Gasteiger partial charge is 0.230 e. The average molecular weight is 284 g/mol. The Kier molecular flexibility index (Phi) is 4.67. The normalized spacial score (nSPS) is 25.4. The maximum atomic E-state index is 12.8. The molecule has 1 amide bonds. The van der Waals surface area contributed by atoms with Crippen molar-refractivity contribution < 1.29 is 4.79 Å². The zero-order valence-corrected chi connectivity index (χ0v) is 13.1. The Balaban J connectivity index is 2.14. The summed E-state index contributed by atoms with van der Waals surface area (Å²) in [5, 5.41) is 11.9. The fourth-order valence-corrected chi connectivity index (χ4v) is 3.23. The number of carbonyl (C=O) groups excluding carboxylic acids is 1. The van der Waals surface area contributed by atoms with Gasteiger partial charge in [-0.05, 0) is 61.8 Å². The summed E-state index contributed by atoms with van der Waals surface area (Å²) >= 11 is 0. The van der Waals surface area contributed by atoms with E-state index in [0.717, 1.165) is 37.3 Å². The minimum atomic E-state index is -0.250. The summed E-state index contributed by atoms with van der Waals surface area (Å²) in [5.41, 5.74) is 1.14. The van der Waals surface area contributed by atoms with E-state index in [0.29, 0.717) is 11.5 Å². The molecule has 0 bridgehead atoms. The first-order chi connectivity index (χ1) is 9.98. The topological polar surface area (TPSA) is 52.9 Å². The number of rotatable bonds is 3. The van der Waals surface area contributed by atoms with Gasteiger partial charge in [-0.25, -0.2) is 0 Å². The number of anilines is 1. The molecular weight excluding hydrogens is 260 g/mol. The van der Waals surface area contributed by atoms with E-state index in [1.807, 2.05) is 0 Å². The molecule has 1 aliphatic carbocycles. The van der Waals surface area contributed by atoms with Gasteiger partial charge in [0.25, 0.3) is 0 Å². The Morgan fingerprint density at radius 2 is 1.86 bits per heavy atom. The predicted molar refractivity (Wildman–Crippen MR) is 84.7 cm³/mol. The van der Waals surface area contributed by atoms with Gasteiger partial charge in [0.2, 0.25) is 5.91 Å². The van der Waals surface area contributed by atoms with Crippen LogP contribution in [0.2, 0.25) is 0 Å². The maximum Gasteiger partial charge on any atom is 0.230 e. The van der Waals surface area contributed by atoms with Gasteiger partial charge in [-0.15, -0.1) is 0 Å². The number of nitrogens with one attached hydrogen (secondary N) is 1. The fraction of sp³-hybridized carbons (Fsp3) is 0.556. The van der Waals surface area contributed by atoms with Crippen molar-refractivity contribution in [3.63, 3.8) is 0 Å². The van der Waals surface area contributed by atoms with Crippen LogP contribution in [0.25, 0.3) is 0 Å². The van der Waals surface area contributed by atoms with Gasteiger partial charge in [-0.2, -0.15) is 5.26 Å². The van der Waals surface area contributed by atoms with E-state index in [4.69, 9.17) is 5.26 Å². The van der Waals surface area contributed by atoms with Crippen LogP contribution in [0, 0.1) is 28.6 Å². The van der Waals surface area contributed by atoms with Gasteiger partial charge in [0.05, 0.1) is 17.0 Å². The lowest BCUT2D eigenvalue weighted by atomic mass is 9.64. The molecule has 3 heteroatoms. The van der Waals surface area contributed by atoms with Crippen LogP contribution in [0.4, 0.5) is 5.69 Å². The van der Waals surface area contributed by atoms with Crippen molar-refractivity contribution in [1.29, 1.82) is 5.26 Å². The van der Waals surface area contributed by atoms with Crippen LogP contribution in [-0.4, -0.2) is 5.91 Å². The number of nitriles is 1. The summed E-state index contributed by atoms with van der Waals surface area (Å²) in [6, 6.07) is 9.17. The molecule has 1 saturated carbocycles. The van der Waals surface area contributed by atoms with Crippen LogP contribution >= 0.6 is 0 Å². The third-order valence-corrected chi connectivity index (χ3v) is 5.00. The van der Waals surface area contributed by atoms with E-state index < -0.39 is 0 Å². The van der Waals surface area contributed by atoms with Gasteiger partial charge in [-0.1, -0.05) is 20.8 Å². The lowest BCUT2D eigenvalue weighted by Crippen LogP contribution is -2.43. The largest absolute Gasteiger partial charge is 0.326 e. The molecule has 0 atom stereocenters. The average Bonchev–Trinajstić information content (AvgIpc) is 2.48. The van der Waals surface area contributed by atoms with Crippen molar-refractivity contribution in [2.24, 2.45) is 17.3 Å². The van der Waals surface area contributed by atoms with E-state index in [9.17, 15) is 4.79 Å². The zero-order valence-electron chi connectivity index (χ0n) is 13.1. The monoisotopic (exact) mass is 284 g/mol. The predicted octanol–water partition coefficient (Wildman–Crippen LogP) is 4.35. The quantitative estimate of drug-likeness (QED) is 0.897. The van der Waals surface area contributed by atoms with Crippen molar-refractivity contribution in [2.45, 2.75) is 46.5 Å². The second kappa shape index (κ2) is 6.30. The first kappa shape index (κ1) is 15.6. The van der Waals surface area contributed by atoms with Crippen LogP contribution in [-0.2, 0) is 4.79 Å².